The lowest BCUT2D eigenvalue weighted by molar-refractivity contribution is -0.385. The number of benzene rings is 1. The molecule has 0 unspecified atom stereocenters. The summed E-state index contributed by atoms with van der Waals surface area (Å²) in [6, 6.07) is 3.69. The Morgan fingerprint density at radius 2 is 2.00 bits per heavy atom. The van der Waals surface area contributed by atoms with Crippen molar-refractivity contribution in [2.75, 3.05) is 19.7 Å². The molecular weight excluding hydrogens is 394 g/mol. The number of nitrogens with zero attached hydrogens (tertiary/aromatic N) is 3. The standard InChI is InChI=1S/C20H21N3O7/c1-2-21(13-7-4-3-5-8-13)16(24)12-30-17(25)11-22-19(26)14-9-6-10-15(23(28)29)18(14)20(22)27/h6-7,9-10H,2-5,8,11-12H2,1H3. The molecule has 1 aromatic rings. The van der Waals surface area contributed by atoms with Crippen molar-refractivity contribution in [3.8, 4) is 0 Å². The molecule has 0 spiro atoms. The maximum Gasteiger partial charge on any atom is 0.326 e. The third-order valence-electron chi connectivity index (χ3n) is 5.05. The lowest BCUT2D eigenvalue weighted by Gasteiger charge is -2.26. The van der Waals surface area contributed by atoms with E-state index >= 15 is 0 Å². The van der Waals surface area contributed by atoms with Crippen LogP contribution in [-0.4, -0.2) is 58.1 Å². The van der Waals surface area contributed by atoms with E-state index in [1.807, 2.05) is 13.0 Å². The van der Waals surface area contributed by atoms with Crippen molar-refractivity contribution in [3.05, 3.63) is 51.2 Å². The molecule has 10 heteroatoms. The van der Waals surface area contributed by atoms with Gasteiger partial charge in [-0.05, 0) is 38.7 Å². The van der Waals surface area contributed by atoms with Gasteiger partial charge in [-0.1, -0.05) is 12.1 Å². The van der Waals surface area contributed by atoms with E-state index in [4.69, 9.17) is 4.74 Å². The summed E-state index contributed by atoms with van der Waals surface area (Å²) in [6.07, 6.45) is 5.73. The van der Waals surface area contributed by atoms with Gasteiger partial charge in [-0.15, -0.1) is 0 Å². The Morgan fingerprint density at radius 3 is 2.63 bits per heavy atom. The molecule has 0 aromatic heterocycles. The van der Waals surface area contributed by atoms with E-state index in [-0.39, 0.29) is 11.1 Å². The van der Waals surface area contributed by atoms with E-state index in [0.717, 1.165) is 37.4 Å². The van der Waals surface area contributed by atoms with Gasteiger partial charge >= 0.3 is 5.97 Å². The van der Waals surface area contributed by atoms with Crippen molar-refractivity contribution in [2.24, 2.45) is 0 Å². The Kier molecular flexibility index (Phi) is 6.24. The number of hydrogen-bond acceptors (Lipinski definition) is 7. The first-order chi connectivity index (χ1) is 14.3. The van der Waals surface area contributed by atoms with Crippen LogP contribution in [0.25, 0.3) is 0 Å². The molecule has 1 heterocycles. The summed E-state index contributed by atoms with van der Waals surface area (Å²) in [5.41, 5.74) is -0.0917. The van der Waals surface area contributed by atoms with Crippen LogP contribution in [0.1, 0.15) is 53.3 Å². The predicted molar refractivity (Wildman–Crippen MR) is 103 cm³/mol. The molecule has 0 fully saturated rings. The van der Waals surface area contributed by atoms with Gasteiger partial charge in [0, 0.05) is 18.3 Å². The summed E-state index contributed by atoms with van der Waals surface area (Å²) < 4.78 is 4.98. The molecule has 1 aliphatic heterocycles. The number of ether oxygens (including phenoxy) is 1. The minimum absolute atomic E-state index is 0.139. The first-order valence-electron chi connectivity index (χ1n) is 9.63. The number of rotatable bonds is 7. The first-order valence-corrected chi connectivity index (χ1v) is 9.63. The molecule has 0 radical (unpaired) electrons. The van der Waals surface area contributed by atoms with Crippen LogP contribution in [0.3, 0.4) is 0 Å². The number of nitro groups is 1. The maximum absolute atomic E-state index is 12.5. The van der Waals surface area contributed by atoms with Crippen LogP contribution < -0.4 is 0 Å². The van der Waals surface area contributed by atoms with Gasteiger partial charge in [-0.3, -0.25) is 34.2 Å². The number of imide groups is 1. The normalized spacial score (nSPS) is 15.5. The minimum Gasteiger partial charge on any atom is -0.454 e. The second-order valence-corrected chi connectivity index (χ2v) is 6.89. The average Bonchev–Trinajstić information content (AvgIpc) is 2.98. The molecule has 1 aliphatic carbocycles. The zero-order valence-electron chi connectivity index (χ0n) is 16.5. The van der Waals surface area contributed by atoms with Gasteiger partial charge < -0.3 is 9.64 Å². The Bertz CT molecular complexity index is 954. The number of fused-ring (bicyclic) bond motifs is 1. The van der Waals surface area contributed by atoms with Gasteiger partial charge in [0.1, 0.15) is 12.1 Å². The van der Waals surface area contributed by atoms with Gasteiger partial charge in [0.15, 0.2) is 6.61 Å². The fourth-order valence-electron chi connectivity index (χ4n) is 3.61. The highest BCUT2D eigenvalue weighted by Gasteiger charge is 2.42. The monoisotopic (exact) mass is 415 g/mol. The molecule has 1 aromatic carbocycles. The van der Waals surface area contributed by atoms with E-state index < -0.39 is 47.5 Å². The van der Waals surface area contributed by atoms with Crippen molar-refractivity contribution < 1.29 is 28.8 Å². The summed E-state index contributed by atoms with van der Waals surface area (Å²) in [7, 11) is 0. The third kappa shape index (κ3) is 4.07. The van der Waals surface area contributed by atoms with E-state index in [1.54, 1.807) is 4.90 Å². The Hall–Kier alpha value is -3.56. The molecule has 158 valence electrons. The largest absolute Gasteiger partial charge is 0.454 e. The third-order valence-corrected chi connectivity index (χ3v) is 5.05. The zero-order chi connectivity index (χ0) is 21.8. The highest BCUT2D eigenvalue weighted by molar-refractivity contribution is 6.24. The molecule has 0 N–H and O–H groups in total. The van der Waals surface area contributed by atoms with Crippen LogP contribution in [0.5, 0.6) is 0 Å². The lowest BCUT2D eigenvalue weighted by Crippen LogP contribution is -2.38. The van der Waals surface area contributed by atoms with Crippen LogP contribution in [-0.2, 0) is 14.3 Å². The van der Waals surface area contributed by atoms with Gasteiger partial charge in [0.25, 0.3) is 23.4 Å². The predicted octanol–water partition coefficient (Wildman–Crippen LogP) is 2.04. The van der Waals surface area contributed by atoms with Gasteiger partial charge in [0.05, 0.1) is 10.5 Å². The molecule has 0 bridgehead atoms. The molecule has 0 atom stereocenters. The molecule has 3 rings (SSSR count). The smallest absolute Gasteiger partial charge is 0.326 e. The highest BCUT2D eigenvalue weighted by atomic mass is 16.6. The fourth-order valence-corrected chi connectivity index (χ4v) is 3.61. The number of carbonyl (C=O) groups excluding carboxylic acids is 4. The van der Waals surface area contributed by atoms with Gasteiger partial charge in [0.2, 0.25) is 0 Å². The minimum atomic E-state index is -0.950. The number of carbonyl (C=O) groups is 4. The SMILES string of the molecule is CCN(C(=O)COC(=O)CN1C(=O)c2cccc([N+](=O)[O-])c2C1=O)C1=CCCCC1. The van der Waals surface area contributed by atoms with Crippen molar-refractivity contribution in [1.82, 2.24) is 9.80 Å². The van der Waals surface area contributed by atoms with E-state index in [1.165, 1.54) is 12.1 Å². The fraction of sp³-hybridized carbons (Fsp3) is 0.400. The second kappa shape index (κ2) is 8.85. The molecule has 0 saturated heterocycles. The van der Waals surface area contributed by atoms with Crippen molar-refractivity contribution in [2.45, 2.75) is 32.6 Å². The number of esters is 1. The van der Waals surface area contributed by atoms with Crippen LogP contribution in [0.2, 0.25) is 0 Å². The molecule has 2 aliphatic rings. The molecular formula is C20H21N3O7. The molecule has 10 nitrogen and oxygen atoms in total. The van der Waals surface area contributed by atoms with Gasteiger partial charge in [-0.25, -0.2) is 0 Å². The molecule has 30 heavy (non-hydrogen) atoms. The van der Waals surface area contributed by atoms with Crippen LogP contribution >= 0.6 is 0 Å². The van der Waals surface area contributed by atoms with Crippen LogP contribution in [0.15, 0.2) is 30.0 Å². The van der Waals surface area contributed by atoms with Crippen molar-refractivity contribution in [1.29, 1.82) is 0 Å². The zero-order valence-corrected chi connectivity index (χ0v) is 16.5. The lowest BCUT2D eigenvalue weighted by atomic mass is 10.0. The van der Waals surface area contributed by atoms with Crippen LogP contribution in [0, 0.1) is 10.1 Å². The highest BCUT2D eigenvalue weighted by Crippen LogP contribution is 2.30. The van der Waals surface area contributed by atoms with E-state index in [0.29, 0.717) is 11.4 Å². The van der Waals surface area contributed by atoms with Gasteiger partial charge in [-0.2, -0.15) is 0 Å². The summed E-state index contributed by atoms with van der Waals surface area (Å²) in [5, 5.41) is 11.1. The number of allylic oxidation sites excluding steroid dienone is 2. The summed E-state index contributed by atoms with van der Waals surface area (Å²) in [4.78, 5) is 62.0. The Balaban J connectivity index is 1.62. The van der Waals surface area contributed by atoms with Crippen molar-refractivity contribution >= 4 is 29.4 Å². The summed E-state index contributed by atoms with van der Waals surface area (Å²) in [6.45, 7) is 1.00. The maximum atomic E-state index is 12.5. The average molecular weight is 415 g/mol. The van der Waals surface area contributed by atoms with Crippen LogP contribution in [0.4, 0.5) is 5.69 Å². The molecule has 0 saturated carbocycles. The topological polar surface area (TPSA) is 127 Å². The number of hydrogen-bond donors (Lipinski definition) is 0. The summed E-state index contributed by atoms with van der Waals surface area (Å²) in [5.74, 6) is -3.09. The number of nitro benzene ring substituents is 1. The molecule has 3 amide bonds. The Labute approximate surface area is 172 Å². The van der Waals surface area contributed by atoms with Crippen molar-refractivity contribution in [3.63, 3.8) is 0 Å². The van der Waals surface area contributed by atoms with E-state index in [2.05, 4.69) is 0 Å². The quantitative estimate of drug-likeness (QED) is 0.288. The number of likely N-dealkylation sites (N-methyl/N-ethyl adjacent to an activating group) is 1. The Morgan fingerprint density at radius 1 is 1.23 bits per heavy atom. The first kappa shape index (κ1) is 21.2. The van der Waals surface area contributed by atoms with E-state index in [9.17, 15) is 29.3 Å². The second-order valence-electron chi connectivity index (χ2n) is 6.89. The number of amides is 3. The summed E-state index contributed by atoms with van der Waals surface area (Å²) >= 11 is 0.